The van der Waals surface area contributed by atoms with Gasteiger partial charge in [-0.2, -0.15) is 5.10 Å². The molecule has 1 aliphatic rings. The van der Waals surface area contributed by atoms with Crippen molar-refractivity contribution in [2.75, 3.05) is 27.4 Å². The molecule has 2 aromatic rings. The van der Waals surface area contributed by atoms with Crippen LogP contribution in [0.2, 0.25) is 0 Å². The predicted octanol–water partition coefficient (Wildman–Crippen LogP) is 3.27. The Labute approximate surface area is 164 Å². The number of nitrogens with zero attached hydrogens (tertiary/aromatic N) is 1. The normalized spacial score (nSPS) is 15.0. The third-order valence-electron chi connectivity index (χ3n) is 4.27. The zero-order chi connectivity index (χ0) is 20.1. The van der Waals surface area contributed by atoms with Crippen molar-refractivity contribution in [1.82, 2.24) is 5.43 Å². The van der Waals surface area contributed by atoms with Gasteiger partial charge in [0.05, 0.1) is 39.2 Å². The van der Waals surface area contributed by atoms with Crippen molar-refractivity contribution < 1.29 is 23.7 Å². The van der Waals surface area contributed by atoms with Crippen molar-refractivity contribution in [3.05, 3.63) is 47.5 Å². The molecule has 0 aliphatic carbocycles. The summed E-state index contributed by atoms with van der Waals surface area (Å²) in [5.74, 6) is 2.00. The molecule has 28 heavy (non-hydrogen) atoms. The van der Waals surface area contributed by atoms with Crippen LogP contribution < -0.4 is 24.4 Å². The maximum atomic E-state index is 12.5. The van der Waals surface area contributed by atoms with Crippen LogP contribution in [0.1, 0.15) is 29.8 Å². The number of nitrogens with one attached hydrogen (secondary N) is 1. The topological polar surface area (TPSA) is 78.4 Å². The van der Waals surface area contributed by atoms with Gasteiger partial charge in [0.25, 0.3) is 5.91 Å². The minimum Gasteiger partial charge on any atom is -0.496 e. The number of amides is 1. The molecular formula is C21H24N2O5. The summed E-state index contributed by atoms with van der Waals surface area (Å²) in [5.41, 5.74) is 3.47. The molecule has 0 atom stereocenters. The first-order valence-electron chi connectivity index (χ1n) is 8.87. The van der Waals surface area contributed by atoms with E-state index in [2.05, 4.69) is 24.4 Å². The van der Waals surface area contributed by atoms with E-state index in [1.165, 1.54) is 6.21 Å². The molecule has 0 spiro atoms. The molecule has 0 radical (unpaired) electrons. The summed E-state index contributed by atoms with van der Waals surface area (Å²) in [6.07, 6.45) is 1.49. The summed E-state index contributed by atoms with van der Waals surface area (Å²) < 4.78 is 22.2. The van der Waals surface area contributed by atoms with Gasteiger partial charge in [-0.25, -0.2) is 5.43 Å². The molecule has 7 nitrogen and oxygen atoms in total. The van der Waals surface area contributed by atoms with Crippen molar-refractivity contribution in [3.63, 3.8) is 0 Å². The summed E-state index contributed by atoms with van der Waals surface area (Å²) in [6, 6.07) is 10.5. The zero-order valence-corrected chi connectivity index (χ0v) is 16.4. The maximum Gasteiger partial charge on any atom is 0.271 e. The number of methoxy groups -OCH3 is 2. The monoisotopic (exact) mass is 384 g/mol. The number of benzene rings is 2. The summed E-state index contributed by atoms with van der Waals surface area (Å²) in [6.45, 7) is 5.19. The molecule has 0 saturated carbocycles. The molecule has 0 bridgehead atoms. The smallest absolute Gasteiger partial charge is 0.271 e. The van der Waals surface area contributed by atoms with E-state index >= 15 is 0 Å². The fourth-order valence-electron chi connectivity index (χ4n) is 2.70. The minimum absolute atomic E-state index is 0.0977. The summed E-state index contributed by atoms with van der Waals surface area (Å²) >= 11 is 0. The van der Waals surface area contributed by atoms with Crippen molar-refractivity contribution in [1.29, 1.82) is 0 Å². The highest BCUT2D eigenvalue weighted by Crippen LogP contribution is 2.34. The molecule has 1 N–H and O–H groups in total. The van der Waals surface area contributed by atoms with Crippen LogP contribution in [0.5, 0.6) is 23.0 Å². The Morgan fingerprint density at radius 1 is 1.07 bits per heavy atom. The van der Waals surface area contributed by atoms with Gasteiger partial charge in [0.2, 0.25) is 0 Å². The molecule has 1 aliphatic heterocycles. The first-order chi connectivity index (χ1) is 13.4. The number of carbonyl (C=O) groups is 1. The van der Waals surface area contributed by atoms with Crippen LogP contribution in [0.4, 0.5) is 0 Å². The Morgan fingerprint density at radius 2 is 1.71 bits per heavy atom. The second kappa shape index (κ2) is 8.21. The third kappa shape index (κ3) is 4.36. The van der Waals surface area contributed by atoms with Crippen molar-refractivity contribution >= 4 is 12.1 Å². The Hall–Kier alpha value is -3.22. The van der Waals surface area contributed by atoms with E-state index in [-0.39, 0.29) is 11.3 Å². The van der Waals surface area contributed by atoms with Crippen molar-refractivity contribution in [3.8, 4) is 23.0 Å². The lowest BCUT2D eigenvalue weighted by molar-refractivity contribution is 0.0954. The summed E-state index contributed by atoms with van der Waals surface area (Å²) in [7, 11) is 3.12. The number of hydrazone groups is 1. The van der Waals surface area contributed by atoms with Crippen LogP contribution >= 0.6 is 0 Å². The quantitative estimate of drug-likeness (QED) is 0.632. The molecule has 3 rings (SSSR count). The van der Waals surface area contributed by atoms with Gasteiger partial charge in [-0.3, -0.25) is 4.79 Å². The third-order valence-corrected chi connectivity index (χ3v) is 4.27. The number of rotatable bonds is 5. The lowest BCUT2D eigenvalue weighted by atomic mass is 9.97. The van der Waals surface area contributed by atoms with Crippen LogP contribution in [0.25, 0.3) is 0 Å². The predicted molar refractivity (Wildman–Crippen MR) is 106 cm³/mol. The summed E-state index contributed by atoms with van der Waals surface area (Å²) in [4.78, 5) is 12.5. The van der Waals surface area contributed by atoms with Gasteiger partial charge < -0.3 is 18.9 Å². The molecule has 1 amide bonds. The fraction of sp³-hybridized carbons (Fsp3) is 0.333. The zero-order valence-electron chi connectivity index (χ0n) is 16.4. The Balaban J connectivity index is 1.73. The molecular weight excluding hydrogens is 360 g/mol. The van der Waals surface area contributed by atoms with Crippen molar-refractivity contribution in [2.24, 2.45) is 10.5 Å². The molecule has 0 fully saturated rings. The number of hydrogen-bond acceptors (Lipinski definition) is 6. The first-order valence-corrected chi connectivity index (χ1v) is 8.87. The number of carbonyl (C=O) groups excluding carboxylic acids is 1. The first kappa shape index (κ1) is 19.5. The van der Waals surface area contributed by atoms with Crippen molar-refractivity contribution in [2.45, 2.75) is 13.8 Å². The molecule has 0 aromatic heterocycles. The SMILES string of the molecule is COc1cccc(OC)c1/C=N\NC(=O)c1ccc2c(c1)OCC(C)(C)CO2. The average molecular weight is 384 g/mol. The number of fused-ring (bicyclic) bond motifs is 1. The van der Waals surface area contributed by atoms with E-state index in [4.69, 9.17) is 18.9 Å². The van der Waals surface area contributed by atoms with E-state index in [1.807, 2.05) is 6.07 Å². The second-order valence-electron chi connectivity index (χ2n) is 7.18. The van der Waals surface area contributed by atoms with Gasteiger partial charge in [-0.15, -0.1) is 0 Å². The van der Waals surface area contributed by atoms with E-state index in [9.17, 15) is 4.79 Å². The molecule has 1 heterocycles. The van der Waals surface area contributed by atoms with Gasteiger partial charge in [0.1, 0.15) is 11.5 Å². The Morgan fingerprint density at radius 3 is 2.36 bits per heavy atom. The largest absolute Gasteiger partial charge is 0.496 e. The van der Waals surface area contributed by atoms with Gasteiger partial charge in [-0.1, -0.05) is 19.9 Å². The van der Waals surface area contributed by atoms with Gasteiger partial charge in [-0.05, 0) is 30.3 Å². The Kier molecular flexibility index (Phi) is 5.73. The van der Waals surface area contributed by atoms with Crippen LogP contribution in [0.3, 0.4) is 0 Å². The number of ether oxygens (including phenoxy) is 4. The van der Waals surface area contributed by atoms with Gasteiger partial charge in [0.15, 0.2) is 11.5 Å². The highest BCUT2D eigenvalue weighted by Gasteiger charge is 2.25. The molecule has 7 heteroatoms. The van der Waals surface area contributed by atoms with Crippen LogP contribution in [0.15, 0.2) is 41.5 Å². The van der Waals surface area contributed by atoms with Crippen LogP contribution in [-0.2, 0) is 0 Å². The molecule has 0 saturated heterocycles. The molecule has 0 unspecified atom stereocenters. The van der Waals surface area contributed by atoms with Crippen LogP contribution in [-0.4, -0.2) is 39.6 Å². The number of hydrogen-bond donors (Lipinski definition) is 1. The van der Waals surface area contributed by atoms with E-state index < -0.39 is 0 Å². The van der Waals surface area contributed by atoms with Gasteiger partial charge >= 0.3 is 0 Å². The minimum atomic E-state index is -0.361. The highest BCUT2D eigenvalue weighted by molar-refractivity contribution is 5.96. The van der Waals surface area contributed by atoms with E-state index in [0.29, 0.717) is 47.3 Å². The van der Waals surface area contributed by atoms with E-state index in [0.717, 1.165) is 0 Å². The second-order valence-corrected chi connectivity index (χ2v) is 7.18. The Bertz CT molecular complexity index is 870. The molecule has 148 valence electrons. The fourth-order valence-corrected chi connectivity index (χ4v) is 2.70. The summed E-state index contributed by atoms with van der Waals surface area (Å²) in [5, 5.41) is 4.03. The molecule has 2 aromatic carbocycles. The lowest BCUT2D eigenvalue weighted by Crippen LogP contribution is -2.26. The lowest BCUT2D eigenvalue weighted by Gasteiger charge is -2.19. The standard InChI is InChI=1S/C21H24N2O5/c1-21(2)12-27-18-9-8-14(10-19(18)28-13-21)20(24)23-22-11-15-16(25-3)6-5-7-17(15)26-4/h5-11H,12-13H2,1-4H3,(H,23,24)/b22-11-. The maximum absolute atomic E-state index is 12.5. The average Bonchev–Trinajstić information content (AvgIpc) is 2.85. The van der Waals surface area contributed by atoms with Gasteiger partial charge in [0, 0.05) is 11.0 Å². The highest BCUT2D eigenvalue weighted by atomic mass is 16.5. The van der Waals surface area contributed by atoms with Crippen LogP contribution in [0, 0.1) is 5.41 Å². The van der Waals surface area contributed by atoms with E-state index in [1.54, 1.807) is 44.6 Å².